The van der Waals surface area contributed by atoms with Crippen LogP contribution in [0.4, 0.5) is 10.1 Å². The summed E-state index contributed by atoms with van der Waals surface area (Å²) in [6.45, 7) is 4.93. The summed E-state index contributed by atoms with van der Waals surface area (Å²) in [4.78, 5) is 6.47. The van der Waals surface area contributed by atoms with E-state index in [9.17, 15) is 4.39 Å². The van der Waals surface area contributed by atoms with Crippen molar-refractivity contribution < 1.29 is 4.39 Å². The molecule has 0 bridgehead atoms. The van der Waals surface area contributed by atoms with Gasteiger partial charge >= 0.3 is 0 Å². The maximum atomic E-state index is 13.8. The second kappa shape index (κ2) is 7.41. The third-order valence-corrected chi connectivity index (χ3v) is 3.90. The van der Waals surface area contributed by atoms with Crippen molar-refractivity contribution in [3.63, 3.8) is 0 Å². The lowest BCUT2D eigenvalue weighted by Gasteiger charge is -2.12. The predicted octanol–water partition coefficient (Wildman–Crippen LogP) is 4.99. The number of hydrogen-bond donors (Lipinski definition) is 0. The fraction of sp³-hybridized carbons (Fsp3) is 0.278. The summed E-state index contributed by atoms with van der Waals surface area (Å²) in [5.41, 5.74) is 3.49. The molecule has 0 saturated heterocycles. The average molecular weight is 319 g/mol. The Balaban J connectivity index is 2.35. The second-order valence-corrected chi connectivity index (χ2v) is 5.73. The lowest BCUT2D eigenvalue weighted by atomic mass is 9.99. The van der Waals surface area contributed by atoms with Crippen LogP contribution in [0, 0.1) is 12.7 Å². The van der Waals surface area contributed by atoms with Gasteiger partial charge in [0.05, 0.1) is 12.0 Å². The summed E-state index contributed by atoms with van der Waals surface area (Å²) in [5, 5.41) is 0.614. The molecule has 0 aliphatic heterocycles. The van der Waals surface area contributed by atoms with Crippen LogP contribution in [-0.2, 0) is 6.42 Å². The van der Waals surface area contributed by atoms with Crippen molar-refractivity contribution in [2.75, 3.05) is 13.6 Å². The zero-order valence-corrected chi connectivity index (χ0v) is 13.9. The first kappa shape index (κ1) is 16.5. The van der Waals surface area contributed by atoms with Crippen LogP contribution in [-0.4, -0.2) is 24.8 Å². The molecule has 0 fully saturated rings. The van der Waals surface area contributed by atoms with Crippen molar-refractivity contribution in [2.24, 2.45) is 4.99 Å². The molecule has 0 aliphatic carbocycles. The summed E-state index contributed by atoms with van der Waals surface area (Å²) in [5.74, 6) is -0.197. The summed E-state index contributed by atoms with van der Waals surface area (Å²) in [7, 11) is 1.96. The Morgan fingerprint density at radius 2 is 1.95 bits per heavy atom. The molecule has 0 N–H and O–H groups in total. The Morgan fingerprint density at radius 1 is 1.23 bits per heavy atom. The third kappa shape index (κ3) is 4.08. The van der Waals surface area contributed by atoms with Gasteiger partial charge in [-0.25, -0.2) is 9.38 Å². The first-order chi connectivity index (χ1) is 10.5. The monoisotopic (exact) mass is 318 g/mol. The number of benzene rings is 2. The number of hydrogen-bond acceptors (Lipinski definition) is 1. The van der Waals surface area contributed by atoms with Gasteiger partial charge in [-0.2, -0.15) is 0 Å². The van der Waals surface area contributed by atoms with E-state index in [0.717, 1.165) is 23.4 Å². The highest BCUT2D eigenvalue weighted by Gasteiger charge is 2.09. The van der Waals surface area contributed by atoms with Gasteiger partial charge in [-0.05, 0) is 48.7 Å². The van der Waals surface area contributed by atoms with E-state index in [4.69, 9.17) is 11.6 Å². The van der Waals surface area contributed by atoms with E-state index in [1.54, 1.807) is 18.5 Å². The molecule has 0 radical (unpaired) electrons. The minimum Gasteiger partial charge on any atom is -0.366 e. The van der Waals surface area contributed by atoms with Crippen molar-refractivity contribution in [1.82, 2.24) is 4.90 Å². The van der Waals surface area contributed by atoms with Gasteiger partial charge in [0.15, 0.2) is 0 Å². The van der Waals surface area contributed by atoms with Crippen LogP contribution >= 0.6 is 11.6 Å². The van der Waals surface area contributed by atoms with Gasteiger partial charge in [0, 0.05) is 25.0 Å². The zero-order chi connectivity index (χ0) is 16.1. The quantitative estimate of drug-likeness (QED) is 0.560. The fourth-order valence-electron chi connectivity index (χ4n) is 2.13. The van der Waals surface area contributed by atoms with Crippen LogP contribution in [0.15, 0.2) is 41.4 Å². The first-order valence-electron chi connectivity index (χ1n) is 7.28. The fourth-order valence-corrected chi connectivity index (χ4v) is 2.36. The van der Waals surface area contributed by atoms with Crippen molar-refractivity contribution in [2.45, 2.75) is 20.3 Å². The summed E-state index contributed by atoms with van der Waals surface area (Å²) in [6.07, 6.45) is 2.29. The van der Waals surface area contributed by atoms with Gasteiger partial charge < -0.3 is 4.90 Å². The zero-order valence-electron chi connectivity index (χ0n) is 13.1. The normalized spacial score (nSPS) is 11.1. The van der Waals surface area contributed by atoms with Crippen molar-refractivity contribution in [3.8, 4) is 0 Å². The second-order valence-electron chi connectivity index (χ2n) is 5.30. The molecule has 0 heterocycles. The van der Waals surface area contributed by atoms with E-state index in [0.29, 0.717) is 17.0 Å². The van der Waals surface area contributed by atoms with E-state index in [-0.39, 0.29) is 5.82 Å². The summed E-state index contributed by atoms with van der Waals surface area (Å²) >= 11 is 6.20. The standard InChI is InChI=1S/C18H20ClFN2/c1-4-22(3)12-21-18-11-16(19)10-15(13(18)2)9-14-7-5-6-8-17(14)20/h5-8,10-12H,4,9H2,1-3H3/b21-12-. The van der Waals surface area contributed by atoms with Crippen molar-refractivity contribution >= 4 is 23.6 Å². The van der Waals surface area contributed by atoms with Crippen LogP contribution in [0.3, 0.4) is 0 Å². The van der Waals surface area contributed by atoms with E-state index in [2.05, 4.69) is 11.9 Å². The molecular formula is C18H20ClFN2. The number of nitrogens with zero attached hydrogens (tertiary/aromatic N) is 2. The third-order valence-electron chi connectivity index (χ3n) is 3.68. The maximum Gasteiger partial charge on any atom is 0.126 e. The molecule has 0 amide bonds. The van der Waals surface area contributed by atoms with Crippen LogP contribution in [0.25, 0.3) is 0 Å². The first-order valence-corrected chi connectivity index (χ1v) is 7.66. The lowest BCUT2D eigenvalue weighted by Crippen LogP contribution is -2.14. The van der Waals surface area contributed by atoms with Crippen LogP contribution in [0.5, 0.6) is 0 Å². The molecule has 0 spiro atoms. The van der Waals surface area contributed by atoms with Gasteiger partial charge in [0.2, 0.25) is 0 Å². The van der Waals surface area contributed by atoms with Crippen molar-refractivity contribution in [1.29, 1.82) is 0 Å². The van der Waals surface area contributed by atoms with Gasteiger partial charge in [0.1, 0.15) is 5.82 Å². The number of halogens is 2. The molecule has 2 aromatic rings. The van der Waals surface area contributed by atoms with E-state index in [1.807, 2.05) is 37.1 Å². The van der Waals surface area contributed by atoms with Gasteiger partial charge in [-0.15, -0.1) is 0 Å². The molecule has 0 unspecified atom stereocenters. The molecule has 0 aromatic heterocycles. The maximum absolute atomic E-state index is 13.8. The molecule has 22 heavy (non-hydrogen) atoms. The van der Waals surface area contributed by atoms with E-state index in [1.165, 1.54) is 6.07 Å². The van der Waals surface area contributed by atoms with E-state index >= 15 is 0 Å². The Kier molecular flexibility index (Phi) is 5.56. The molecular weight excluding hydrogens is 299 g/mol. The van der Waals surface area contributed by atoms with Gasteiger partial charge in [0.25, 0.3) is 0 Å². The topological polar surface area (TPSA) is 15.6 Å². The molecule has 2 nitrogen and oxygen atoms in total. The smallest absolute Gasteiger partial charge is 0.126 e. The minimum absolute atomic E-state index is 0.197. The molecule has 4 heteroatoms. The average Bonchev–Trinajstić information content (AvgIpc) is 2.50. The molecule has 2 aromatic carbocycles. The molecule has 116 valence electrons. The number of rotatable bonds is 5. The Labute approximate surface area is 136 Å². The highest BCUT2D eigenvalue weighted by molar-refractivity contribution is 6.31. The molecule has 2 rings (SSSR count). The minimum atomic E-state index is -0.197. The van der Waals surface area contributed by atoms with Crippen LogP contribution in [0.1, 0.15) is 23.6 Å². The van der Waals surface area contributed by atoms with E-state index < -0.39 is 0 Å². The van der Waals surface area contributed by atoms with Crippen molar-refractivity contribution in [3.05, 3.63) is 63.9 Å². The lowest BCUT2D eigenvalue weighted by molar-refractivity contribution is 0.552. The summed E-state index contributed by atoms with van der Waals surface area (Å²) in [6, 6.07) is 10.5. The largest absolute Gasteiger partial charge is 0.366 e. The number of aliphatic imine (C=N–C) groups is 1. The Morgan fingerprint density at radius 3 is 2.64 bits per heavy atom. The Bertz CT molecular complexity index is 683. The Hall–Kier alpha value is -1.87. The molecule has 0 aliphatic rings. The highest BCUT2D eigenvalue weighted by atomic mass is 35.5. The van der Waals surface area contributed by atoms with Crippen LogP contribution in [0.2, 0.25) is 5.02 Å². The predicted molar refractivity (Wildman–Crippen MR) is 91.9 cm³/mol. The molecule has 0 saturated carbocycles. The SMILES string of the molecule is CCN(C)/C=N\c1cc(Cl)cc(Cc2ccccc2F)c1C. The van der Waals surface area contributed by atoms with Gasteiger partial charge in [-0.3, -0.25) is 0 Å². The van der Waals surface area contributed by atoms with Gasteiger partial charge in [-0.1, -0.05) is 29.8 Å². The molecule has 0 atom stereocenters. The highest BCUT2D eigenvalue weighted by Crippen LogP contribution is 2.29. The summed E-state index contributed by atoms with van der Waals surface area (Å²) < 4.78 is 13.8. The van der Waals surface area contributed by atoms with Crippen LogP contribution < -0.4 is 0 Å².